The molecular formula is C12H16N2O2. The van der Waals surface area contributed by atoms with Gasteiger partial charge in [-0.25, -0.2) is 4.98 Å². The first-order valence-corrected chi connectivity index (χ1v) is 5.68. The second-order valence-corrected chi connectivity index (χ2v) is 4.14. The van der Waals surface area contributed by atoms with Gasteiger partial charge in [0.05, 0.1) is 7.11 Å². The van der Waals surface area contributed by atoms with E-state index in [0.29, 0.717) is 24.5 Å². The first-order chi connectivity index (χ1) is 7.81. The molecule has 1 saturated carbocycles. The summed E-state index contributed by atoms with van der Waals surface area (Å²) in [5.74, 6) is 1.07. The van der Waals surface area contributed by atoms with Crippen LogP contribution in [0.1, 0.15) is 43.7 Å². The molecule has 0 N–H and O–H groups in total. The molecule has 0 spiro atoms. The Bertz CT molecular complexity index is 379. The zero-order valence-corrected chi connectivity index (χ0v) is 9.48. The number of Topliss-reactive ketones (excluding diaryl/α,β-unsaturated/α-hetero) is 1. The van der Waals surface area contributed by atoms with Crippen LogP contribution in [0.4, 0.5) is 0 Å². The number of hydrogen-bond acceptors (Lipinski definition) is 4. The van der Waals surface area contributed by atoms with Gasteiger partial charge in [0.2, 0.25) is 5.88 Å². The van der Waals surface area contributed by atoms with Crippen LogP contribution in [0.25, 0.3) is 0 Å². The average Bonchev–Trinajstić information content (AvgIpc) is 2.54. The highest BCUT2D eigenvalue weighted by molar-refractivity contribution is 5.79. The average molecular weight is 220 g/mol. The normalized spacial score (nSPS) is 21.6. The van der Waals surface area contributed by atoms with Gasteiger partial charge in [-0.1, -0.05) is 6.42 Å². The van der Waals surface area contributed by atoms with Gasteiger partial charge in [-0.15, -0.1) is 0 Å². The van der Waals surface area contributed by atoms with Crippen molar-refractivity contribution in [3.05, 3.63) is 18.1 Å². The van der Waals surface area contributed by atoms with Crippen LogP contribution >= 0.6 is 0 Å². The zero-order valence-electron chi connectivity index (χ0n) is 9.48. The topological polar surface area (TPSA) is 52.1 Å². The van der Waals surface area contributed by atoms with Crippen LogP contribution in [0.2, 0.25) is 0 Å². The fraction of sp³-hybridized carbons (Fsp3) is 0.583. The van der Waals surface area contributed by atoms with Crippen molar-refractivity contribution in [1.29, 1.82) is 0 Å². The molecule has 0 aliphatic heterocycles. The molecule has 1 aliphatic carbocycles. The molecule has 4 heteroatoms. The summed E-state index contributed by atoms with van der Waals surface area (Å²) >= 11 is 0. The standard InChI is InChI=1S/C12H16N2O2/c1-16-12-11(13-6-7-14-12)9-4-2-3-5-10(15)8-9/h6-7,9H,2-5,8H2,1H3. The van der Waals surface area contributed by atoms with Crippen molar-refractivity contribution in [2.45, 2.75) is 38.0 Å². The Morgan fingerprint density at radius 3 is 2.94 bits per heavy atom. The number of methoxy groups -OCH3 is 1. The fourth-order valence-corrected chi connectivity index (χ4v) is 2.20. The quantitative estimate of drug-likeness (QED) is 0.716. The van der Waals surface area contributed by atoms with Crippen molar-refractivity contribution >= 4 is 5.78 Å². The van der Waals surface area contributed by atoms with Gasteiger partial charge in [0, 0.05) is 31.2 Å². The van der Waals surface area contributed by atoms with Crippen LogP contribution in [0.15, 0.2) is 12.4 Å². The lowest BCUT2D eigenvalue weighted by Crippen LogP contribution is -2.08. The lowest BCUT2D eigenvalue weighted by atomic mass is 9.96. The summed E-state index contributed by atoms with van der Waals surface area (Å²) in [5.41, 5.74) is 0.834. The molecule has 1 aromatic heterocycles. The largest absolute Gasteiger partial charge is 0.480 e. The molecule has 16 heavy (non-hydrogen) atoms. The summed E-state index contributed by atoms with van der Waals surface area (Å²) in [6, 6.07) is 0. The molecule has 1 fully saturated rings. The zero-order chi connectivity index (χ0) is 11.4. The first kappa shape index (κ1) is 11.0. The van der Waals surface area contributed by atoms with E-state index in [1.54, 1.807) is 19.5 Å². The molecule has 0 aromatic carbocycles. The Morgan fingerprint density at radius 2 is 2.12 bits per heavy atom. The van der Waals surface area contributed by atoms with E-state index < -0.39 is 0 Å². The van der Waals surface area contributed by atoms with Crippen LogP contribution in [0.3, 0.4) is 0 Å². The van der Waals surface area contributed by atoms with E-state index >= 15 is 0 Å². The number of rotatable bonds is 2. The van der Waals surface area contributed by atoms with E-state index in [1.807, 2.05) is 0 Å². The smallest absolute Gasteiger partial charge is 0.235 e. The first-order valence-electron chi connectivity index (χ1n) is 5.68. The van der Waals surface area contributed by atoms with Crippen LogP contribution in [-0.2, 0) is 4.79 Å². The molecule has 0 saturated heterocycles. The van der Waals surface area contributed by atoms with Crippen molar-refractivity contribution < 1.29 is 9.53 Å². The maximum Gasteiger partial charge on any atom is 0.235 e. The summed E-state index contributed by atoms with van der Waals surface area (Å²) < 4.78 is 5.19. The van der Waals surface area contributed by atoms with Gasteiger partial charge in [0.1, 0.15) is 11.5 Å². The third-order valence-corrected chi connectivity index (χ3v) is 3.00. The van der Waals surface area contributed by atoms with Crippen molar-refractivity contribution in [3.8, 4) is 5.88 Å². The Balaban J connectivity index is 2.24. The summed E-state index contributed by atoms with van der Waals surface area (Å²) in [4.78, 5) is 20.0. The van der Waals surface area contributed by atoms with Crippen LogP contribution < -0.4 is 4.74 Å². The molecule has 4 nitrogen and oxygen atoms in total. The number of carbonyl (C=O) groups excluding carboxylic acids is 1. The SMILES string of the molecule is COc1nccnc1C1CCCCC(=O)C1. The summed E-state index contributed by atoms with van der Waals surface area (Å²) in [5, 5.41) is 0. The second-order valence-electron chi connectivity index (χ2n) is 4.14. The van der Waals surface area contributed by atoms with Gasteiger partial charge in [-0.3, -0.25) is 9.78 Å². The van der Waals surface area contributed by atoms with Crippen molar-refractivity contribution in [2.75, 3.05) is 7.11 Å². The predicted molar refractivity (Wildman–Crippen MR) is 59.4 cm³/mol. The van der Waals surface area contributed by atoms with Crippen LogP contribution in [0.5, 0.6) is 5.88 Å². The minimum absolute atomic E-state index is 0.179. The molecule has 1 aliphatic rings. The monoisotopic (exact) mass is 220 g/mol. The summed E-state index contributed by atoms with van der Waals surface area (Å²) in [6.07, 6.45) is 7.64. The number of ether oxygens (including phenoxy) is 1. The molecule has 1 aromatic rings. The molecular weight excluding hydrogens is 204 g/mol. The molecule has 0 radical (unpaired) electrons. The van der Waals surface area contributed by atoms with E-state index in [0.717, 1.165) is 25.0 Å². The lowest BCUT2D eigenvalue weighted by molar-refractivity contribution is -0.119. The van der Waals surface area contributed by atoms with Gasteiger partial charge in [-0.05, 0) is 12.8 Å². The van der Waals surface area contributed by atoms with Gasteiger partial charge in [0.15, 0.2) is 0 Å². The Kier molecular flexibility index (Phi) is 3.49. The number of ketones is 1. The third-order valence-electron chi connectivity index (χ3n) is 3.00. The highest BCUT2D eigenvalue weighted by Gasteiger charge is 2.23. The van der Waals surface area contributed by atoms with E-state index in [9.17, 15) is 4.79 Å². The highest BCUT2D eigenvalue weighted by Crippen LogP contribution is 2.32. The predicted octanol–water partition coefficient (Wildman–Crippen LogP) is 2.10. The molecule has 1 atom stereocenters. The van der Waals surface area contributed by atoms with Gasteiger partial charge < -0.3 is 4.74 Å². The van der Waals surface area contributed by atoms with E-state index in [-0.39, 0.29) is 5.92 Å². The molecule has 2 rings (SSSR count). The number of hydrogen-bond donors (Lipinski definition) is 0. The van der Waals surface area contributed by atoms with Crippen molar-refractivity contribution in [2.24, 2.45) is 0 Å². The van der Waals surface area contributed by atoms with Crippen molar-refractivity contribution in [1.82, 2.24) is 9.97 Å². The maximum absolute atomic E-state index is 11.6. The van der Waals surface area contributed by atoms with Gasteiger partial charge in [-0.2, -0.15) is 0 Å². The highest BCUT2D eigenvalue weighted by atomic mass is 16.5. The minimum Gasteiger partial charge on any atom is -0.480 e. The Labute approximate surface area is 95.1 Å². The van der Waals surface area contributed by atoms with Crippen LogP contribution in [-0.4, -0.2) is 22.9 Å². The Hall–Kier alpha value is -1.45. The molecule has 0 amide bonds. The van der Waals surface area contributed by atoms with E-state index in [2.05, 4.69) is 9.97 Å². The van der Waals surface area contributed by atoms with Gasteiger partial charge in [0.25, 0.3) is 0 Å². The number of aromatic nitrogens is 2. The summed E-state index contributed by atoms with van der Waals surface area (Å²) in [6.45, 7) is 0. The molecule has 1 unspecified atom stereocenters. The molecule has 86 valence electrons. The second kappa shape index (κ2) is 5.05. The lowest BCUT2D eigenvalue weighted by Gasteiger charge is -2.14. The van der Waals surface area contributed by atoms with E-state index in [1.165, 1.54) is 0 Å². The number of carbonyl (C=O) groups is 1. The number of nitrogens with zero attached hydrogens (tertiary/aromatic N) is 2. The van der Waals surface area contributed by atoms with Crippen LogP contribution in [0, 0.1) is 0 Å². The minimum atomic E-state index is 0.179. The third kappa shape index (κ3) is 2.38. The van der Waals surface area contributed by atoms with Gasteiger partial charge >= 0.3 is 0 Å². The molecule has 1 heterocycles. The molecule has 0 bridgehead atoms. The van der Waals surface area contributed by atoms with Crippen molar-refractivity contribution in [3.63, 3.8) is 0 Å². The fourth-order valence-electron chi connectivity index (χ4n) is 2.20. The maximum atomic E-state index is 11.6. The van der Waals surface area contributed by atoms with E-state index in [4.69, 9.17) is 4.74 Å². The summed E-state index contributed by atoms with van der Waals surface area (Å²) in [7, 11) is 1.59. The Morgan fingerprint density at radius 1 is 1.31 bits per heavy atom.